The average molecular weight is 252 g/mol. The molecule has 0 aliphatic heterocycles. The Labute approximate surface area is 95.0 Å². The highest BCUT2D eigenvalue weighted by Gasteiger charge is 2.33. The van der Waals surface area contributed by atoms with Gasteiger partial charge < -0.3 is 5.73 Å². The van der Waals surface area contributed by atoms with E-state index in [0.29, 0.717) is 0 Å². The van der Waals surface area contributed by atoms with Crippen molar-refractivity contribution in [1.82, 2.24) is 0 Å². The Morgan fingerprint density at radius 1 is 1.31 bits per heavy atom. The fourth-order valence-electron chi connectivity index (χ4n) is 1.07. The molecule has 16 heavy (non-hydrogen) atoms. The molecule has 0 saturated carbocycles. The summed E-state index contributed by atoms with van der Waals surface area (Å²) in [6.45, 7) is 0. The second-order valence-electron chi connectivity index (χ2n) is 2.91. The zero-order valence-corrected chi connectivity index (χ0v) is 8.76. The average Bonchev–Trinajstić information content (AvgIpc) is 2.16. The maximum absolute atomic E-state index is 12.5. The molecule has 0 heterocycles. The van der Waals surface area contributed by atoms with E-state index in [9.17, 15) is 13.2 Å². The second-order valence-corrected chi connectivity index (χ2v) is 3.32. The molecule has 4 N–H and O–H groups in total. The number of rotatable bonds is 2. The van der Waals surface area contributed by atoms with Crippen LogP contribution in [0.15, 0.2) is 30.6 Å². The minimum Gasteiger partial charge on any atom is -0.403 e. The molecule has 88 valence electrons. The molecule has 0 fully saturated rings. The van der Waals surface area contributed by atoms with Gasteiger partial charge in [-0.05, 0) is 18.2 Å². The predicted molar refractivity (Wildman–Crippen MR) is 56.4 cm³/mol. The van der Waals surface area contributed by atoms with Crippen molar-refractivity contribution in [3.63, 3.8) is 0 Å². The van der Waals surface area contributed by atoms with Crippen LogP contribution < -0.4 is 16.6 Å². The van der Waals surface area contributed by atoms with E-state index in [0.717, 1.165) is 23.3 Å². The van der Waals surface area contributed by atoms with Gasteiger partial charge in [0.15, 0.2) is 0 Å². The fraction of sp³-hybridized carbons (Fsp3) is 0.111. The summed E-state index contributed by atoms with van der Waals surface area (Å²) in [6, 6.07) is 3.34. The first-order valence-corrected chi connectivity index (χ1v) is 4.53. The van der Waals surface area contributed by atoms with Gasteiger partial charge in [0.05, 0.1) is 16.3 Å². The molecular weight excluding hydrogens is 243 g/mol. The van der Waals surface area contributed by atoms with Crippen molar-refractivity contribution in [1.29, 1.82) is 0 Å². The molecule has 0 bridgehead atoms. The minimum atomic E-state index is -4.51. The van der Waals surface area contributed by atoms with Crippen molar-refractivity contribution in [3.05, 3.63) is 41.2 Å². The molecule has 0 radical (unpaired) electrons. The fourth-order valence-corrected chi connectivity index (χ4v) is 1.29. The van der Waals surface area contributed by atoms with Gasteiger partial charge in [0.2, 0.25) is 0 Å². The monoisotopic (exact) mass is 251 g/mol. The summed E-state index contributed by atoms with van der Waals surface area (Å²) in [5.41, 5.74) is 4.27. The van der Waals surface area contributed by atoms with Crippen molar-refractivity contribution in [2.45, 2.75) is 6.18 Å². The van der Waals surface area contributed by atoms with Gasteiger partial charge in [-0.2, -0.15) is 13.2 Å². The van der Waals surface area contributed by atoms with Crippen LogP contribution in [-0.4, -0.2) is 0 Å². The second kappa shape index (κ2) is 4.63. The highest BCUT2D eigenvalue weighted by molar-refractivity contribution is 6.31. The quantitative estimate of drug-likeness (QED) is 0.627. The van der Waals surface area contributed by atoms with Crippen LogP contribution in [0.2, 0.25) is 5.02 Å². The third-order valence-electron chi connectivity index (χ3n) is 1.80. The summed E-state index contributed by atoms with van der Waals surface area (Å²) in [5, 5.41) is 0.590. The van der Waals surface area contributed by atoms with Crippen LogP contribution in [0.4, 0.5) is 18.9 Å². The van der Waals surface area contributed by atoms with Gasteiger partial charge in [-0.25, -0.2) is 5.84 Å². The summed E-state index contributed by atoms with van der Waals surface area (Å²) >= 11 is 5.44. The molecule has 0 aliphatic rings. The number of hydrogen-bond donors (Lipinski definition) is 2. The van der Waals surface area contributed by atoms with Crippen LogP contribution in [0.1, 0.15) is 5.56 Å². The number of benzene rings is 1. The highest BCUT2D eigenvalue weighted by Crippen LogP contribution is 2.36. The lowest BCUT2D eigenvalue weighted by atomic mass is 10.2. The summed E-state index contributed by atoms with van der Waals surface area (Å²) in [5.74, 6) is 5.42. The van der Waals surface area contributed by atoms with Crippen molar-refractivity contribution in [2.24, 2.45) is 11.6 Å². The summed E-state index contributed by atoms with van der Waals surface area (Å²) < 4.78 is 37.5. The van der Waals surface area contributed by atoms with Gasteiger partial charge in [-0.3, -0.25) is 5.01 Å². The van der Waals surface area contributed by atoms with Gasteiger partial charge in [0, 0.05) is 12.4 Å². The van der Waals surface area contributed by atoms with E-state index in [1.165, 1.54) is 12.3 Å². The summed E-state index contributed by atoms with van der Waals surface area (Å²) in [6.07, 6.45) is -2.17. The SMILES string of the molecule is N/C=C\N(N)c1ccc(Cl)c(C(F)(F)F)c1. The minimum absolute atomic E-state index is 0.137. The molecule has 0 aromatic heterocycles. The lowest BCUT2D eigenvalue weighted by Gasteiger charge is -2.16. The molecule has 3 nitrogen and oxygen atoms in total. The Bertz CT molecular complexity index is 403. The Hall–Kier alpha value is -1.40. The molecule has 0 spiro atoms. The third-order valence-corrected chi connectivity index (χ3v) is 2.13. The number of nitrogens with two attached hydrogens (primary N) is 2. The van der Waals surface area contributed by atoms with Gasteiger partial charge in [-0.1, -0.05) is 11.6 Å². The molecule has 1 rings (SSSR count). The van der Waals surface area contributed by atoms with E-state index in [2.05, 4.69) is 0 Å². The van der Waals surface area contributed by atoms with Gasteiger partial charge in [0.1, 0.15) is 0 Å². The van der Waals surface area contributed by atoms with Crippen LogP contribution in [0.5, 0.6) is 0 Å². The van der Waals surface area contributed by atoms with Crippen LogP contribution >= 0.6 is 11.6 Å². The molecule has 1 aromatic carbocycles. The third kappa shape index (κ3) is 2.80. The van der Waals surface area contributed by atoms with Crippen molar-refractivity contribution in [2.75, 3.05) is 5.01 Å². The van der Waals surface area contributed by atoms with Gasteiger partial charge >= 0.3 is 6.18 Å². The summed E-state index contributed by atoms with van der Waals surface area (Å²) in [7, 11) is 0. The Balaban J connectivity index is 3.17. The van der Waals surface area contributed by atoms with E-state index in [4.69, 9.17) is 23.2 Å². The van der Waals surface area contributed by atoms with Crippen molar-refractivity contribution >= 4 is 17.3 Å². The number of hydrogen-bond acceptors (Lipinski definition) is 3. The molecule has 0 aliphatic carbocycles. The van der Waals surface area contributed by atoms with E-state index in [1.54, 1.807) is 0 Å². The molecular formula is C9H9ClF3N3. The number of nitrogens with zero attached hydrogens (tertiary/aromatic N) is 1. The summed E-state index contributed by atoms with van der Waals surface area (Å²) in [4.78, 5) is 0. The van der Waals surface area contributed by atoms with E-state index in [1.807, 2.05) is 0 Å². The largest absolute Gasteiger partial charge is 0.417 e. The van der Waals surface area contributed by atoms with E-state index >= 15 is 0 Å². The number of alkyl halides is 3. The zero-order valence-electron chi connectivity index (χ0n) is 8.00. The topological polar surface area (TPSA) is 55.3 Å². The van der Waals surface area contributed by atoms with Crippen LogP contribution in [0.3, 0.4) is 0 Å². The number of halogens is 4. The Morgan fingerprint density at radius 3 is 2.44 bits per heavy atom. The van der Waals surface area contributed by atoms with Gasteiger partial charge in [0.25, 0.3) is 0 Å². The predicted octanol–water partition coefficient (Wildman–Crippen LogP) is 2.47. The normalized spacial score (nSPS) is 12.1. The standard InChI is InChI=1S/C9H9ClF3N3/c10-8-2-1-6(16(15)4-3-14)5-7(8)9(11,12)13/h1-5H,14-15H2/b4-3-. The van der Waals surface area contributed by atoms with Crippen molar-refractivity contribution < 1.29 is 13.2 Å². The maximum Gasteiger partial charge on any atom is 0.417 e. The van der Waals surface area contributed by atoms with E-state index < -0.39 is 11.7 Å². The molecule has 7 heteroatoms. The van der Waals surface area contributed by atoms with Crippen LogP contribution in [0.25, 0.3) is 0 Å². The zero-order chi connectivity index (χ0) is 12.3. The lowest BCUT2D eigenvalue weighted by Crippen LogP contribution is -2.25. The number of anilines is 1. The number of hydrazine groups is 1. The Kier molecular flexibility index (Phi) is 3.66. The first-order valence-electron chi connectivity index (χ1n) is 4.15. The first kappa shape index (κ1) is 12.7. The van der Waals surface area contributed by atoms with Crippen LogP contribution in [0, 0.1) is 0 Å². The van der Waals surface area contributed by atoms with E-state index in [-0.39, 0.29) is 10.7 Å². The lowest BCUT2D eigenvalue weighted by molar-refractivity contribution is -0.137. The highest BCUT2D eigenvalue weighted by atomic mass is 35.5. The first-order chi connectivity index (χ1) is 7.36. The maximum atomic E-state index is 12.5. The molecule has 0 saturated heterocycles. The Morgan fingerprint density at radius 2 is 1.94 bits per heavy atom. The smallest absolute Gasteiger partial charge is 0.403 e. The van der Waals surface area contributed by atoms with Crippen molar-refractivity contribution in [3.8, 4) is 0 Å². The molecule has 0 amide bonds. The molecule has 1 aromatic rings. The molecule has 0 unspecified atom stereocenters. The van der Waals surface area contributed by atoms with Crippen LogP contribution in [-0.2, 0) is 6.18 Å². The van der Waals surface area contributed by atoms with Gasteiger partial charge in [-0.15, -0.1) is 0 Å². The molecule has 0 atom stereocenters.